The van der Waals surface area contributed by atoms with E-state index in [1.807, 2.05) is 0 Å². The molecule has 2 aromatic heterocycles. The summed E-state index contributed by atoms with van der Waals surface area (Å²) in [4.78, 5) is 16.6. The van der Waals surface area contributed by atoms with E-state index in [4.69, 9.17) is 0 Å². The van der Waals surface area contributed by atoms with Crippen molar-refractivity contribution in [2.24, 2.45) is 0 Å². The first-order valence-corrected chi connectivity index (χ1v) is 8.09. The van der Waals surface area contributed by atoms with Gasteiger partial charge in [0.1, 0.15) is 10.6 Å². The van der Waals surface area contributed by atoms with E-state index in [2.05, 4.69) is 15.4 Å². The molecule has 0 bridgehead atoms. The minimum absolute atomic E-state index is 0.257. The Morgan fingerprint density at radius 2 is 1.88 bits per heavy atom. The van der Waals surface area contributed by atoms with Gasteiger partial charge >= 0.3 is 6.18 Å². The molecule has 3 aromatic rings. The fourth-order valence-electron chi connectivity index (χ4n) is 2.29. The number of carbonyl (C=O) groups excluding carboxylic acids is 1. The Morgan fingerprint density at radius 3 is 2.44 bits per heavy atom. The molecule has 1 aromatic carbocycles. The summed E-state index contributed by atoms with van der Waals surface area (Å²) >= 11 is 1.22. The van der Waals surface area contributed by atoms with Crippen molar-refractivity contribution >= 4 is 22.9 Å². The van der Waals surface area contributed by atoms with Gasteiger partial charge in [0, 0.05) is 5.69 Å². The van der Waals surface area contributed by atoms with Crippen LogP contribution in [0, 0.1) is 13.8 Å². The van der Waals surface area contributed by atoms with E-state index in [1.165, 1.54) is 42.5 Å². The first-order chi connectivity index (χ1) is 11.8. The molecule has 130 valence electrons. The van der Waals surface area contributed by atoms with E-state index in [0.717, 1.165) is 10.7 Å². The lowest BCUT2D eigenvalue weighted by molar-refractivity contribution is -0.142. The molecular weight excluding hydrogens is 353 g/mol. The monoisotopic (exact) mass is 366 g/mol. The van der Waals surface area contributed by atoms with Crippen LogP contribution in [0.1, 0.15) is 26.8 Å². The lowest BCUT2D eigenvalue weighted by Gasteiger charge is -2.11. The van der Waals surface area contributed by atoms with Crippen LogP contribution in [0.3, 0.4) is 0 Å². The van der Waals surface area contributed by atoms with E-state index in [9.17, 15) is 18.0 Å². The number of aryl methyl sites for hydroxylation is 2. The number of carbonyl (C=O) groups is 1. The SMILES string of the molecule is Cc1cc(C(F)(F)F)n(-c2ccc(NC(=O)c3scnc3C)cc2)n1. The molecule has 0 spiro atoms. The van der Waals surface area contributed by atoms with Gasteiger partial charge in [-0.25, -0.2) is 9.67 Å². The molecule has 9 heteroatoms. The molecule has 1 amide bonds. The molecule has 2 heterocycles. The Labute approximate surface area is 145 Å². The molecule has 0 saturated carbocycles. The number of halogens is 3. The Kier molecular flexibility index (Phi) is 4.34. The van der Waals surface area contributed by atoms with E-state index < -0.39 is 11.9 Å². The molecule has 0 aliphatic heterocycles. The van der Waals surface area contributed by atoms with Gasteiger partial charge in [-0.15, -0.1) is 11.3 Å². The molecule has 0 radical (unpaired) electrons. The fraction of sp³-hybridized carbons (Fsp3) is 0.188. The number of nitrogens with one attached hydrogen (secondary N) is 1. The normalized spacial score (nSPS) is 11.6. The highest BCUT2D eigenvalue weighted by molar-refractivity contribution is 7.12. The van der Waals surface area contributed by atoms with Crippen LogP contribution in [0.25, 0.3) is 5.69 Å². The Hall–Kier alpha value is -2.68. The van der Waals surface area contributed by atoms with Gasteiger partial charge in [-0.1, -0.05) is 0 Å². The van der Waals surface area contributed by atoms with Crippen molar-refractivity contribution in [1.82, 2.24) is 14.8 Å². The predicted octanol–water partition coefficient (Wildman–Crippen LogP) is 4.22. The Balaban J connectivity index is 1.84. The first-order valence-electron chi connectivity index (χ1n) is 7.21. The average molecular weight is 366 g/mol. The second-order valence-corrected chi connectivity index (χ2v) is 6.20. The summed E-state index contributed by atoms with van der Waals surface area (Å²) in [6.45, 7) is 3.23. The zero-order valence-corrected chi connectivity index (χ0v) is 14.1. The topological polar surface area (TPSA) is 59.8 Å². The predicted molar refractivity (Wildman–Crippen MR) is 88.1 cm³/mol. The molecule has 0 fully saturated rings. The van der Waals surface area contributed by atoms with Crippen molar-refractivity contribution in [2.75, 3.05) is 5.32 Å². The van der Waals surface area contributed by atoms with Crippen molar-refractivity contribution in [1.29, 1.82) is 0 Å². The highest BCUT2D eigenvalue weighted by atomic mass is 32.1. The molecule has 0 aliphatic rings. The van der Waals surface area contributed by atoms with Gasteiger partial charge in [0.2, 0.25) is 0 Å². The number of rotatable bonds is 3. The van der Waals surface area contributed by atoms with Gasteiger partial charge < -0.3 is 5.32 Å². The summed E-state index contributed by atoms with van der Waals surface area (Å²) < 4.78 is 40.1. The van der Waals surface area contributed by atoms with Gasteiger partial charge in [-0.2, -0.15) is 18.3 Å². The van der Waals surface area contributed by atoms with Crippen LogP contribution >= 0.6 is 11.3 Å². The maximum atomic E-state index is 13.1. The average Bonchev–Trinajstić information content (AvgIpc) is 3.13. The van der Waals surface area contributed by atoms with Gasteiger partial charge in [-0.05, 0) is 44.2 Å². The summed E-state index contributed by atoms with van der Waals surface area (Å²) in [5.74, 6) is -0.307. The van der Waals surface area contributed by atoms with E-state index >= 15 is 0 Å². The van der Waals surface area contributed by atoms with Crippen LogP contribution in [0.4, 0.5) is 18.9 Å². The quantitative estimate of drug-likeness (QED) is 0.755. The largest absolute Gasteiger partial charge is 0.433 e. The molecule has 0 saturated heterocycles. The molecule has 0 aliphatic carbocycles. The number of nitrogens with zero attached hydrogens (tertiary/aromatic N) is 3. The molecule has 1 N–H and O–H groups in total. The number of alkyl halides is 3. The Bertz CT molecular complexity index is 912. The van der Waals surface area contributed by atoms with Crippen LogP contribution < -0.4 is 5.32 Å². The highest BCUT2D eigenvalue weighted by Gasteiger charge is 2.35. The van der Waals surface area contributed by atoms with Crippen LogP contribution in [0.5, 0.6) is 0 Å². The summed E-state index contributed by atoms with van der Waals surface area (Å²) in [7, 11) is 0. The van der Waals surface area contributed by atoms with Crippen LogP contribution in [-0.4, -0.2) is 20.7 Å². The van der Waals surface area contributed by atoms with Gasteiger partial charge in [0.05, 0.1) is 22.6 Å². The number of amides is 1. The molecule has 25 heavy (non-hydrogen) atoms. The van der Waals surface area contributed by atoms with E-state index in [0.29, 0.717) is 16.3 Å². The van der Waals surface area contributed by atoms with Gasteiger partial charge in [0.25, 0.3) is 5.91 Å². The van der Waals surface area contributed by atoms with Crippen molar-refractivity contribution in [3.63, 3.8) is 0 Å². The highest BCUT2D eigenvalue weighted by Crippen LogP contribution is 2.31. The standard InChI is InChI=1S/C16H13F3N4OS/c1-9-7-13(16(17,18)19)23(22-9)12-5-3-11(4-6-12)21-15(24)14-10(2)20-8-25-14/h3-8H,1-2H3,(H,21,24). The molecular formula is C16H13F3N4OS. The first kappa shape index (κ1) is 17.2. The summed E-state index contributed by atoms with van der Waals surface area (Å²) in [5.41, 5.74) is 2.35. The summed E-state index contributed by atoms with van der Waals surface area (Å²) in [6, 6.07) is 6.98. The maximum Gasteiger partial charge on any atom is 0.433 e. The zero-order valence-electron chi connectivity index (χ0n) is 13.3. The number of thiazole rings is 1. The third-order valence-corrected chi connectivity index (χ3v) is 4.37. The van der Waals surface area contributed by atoms with Gasteiger partial charge in [0.15, 0.2) is 0 Å². The van der Waals surface area contributed by atoms with Gasteiger partial charge in [-0.3, -0.25) is 4.79 Å². The summed E-state index contributed by atoms with van der Waals surface area (Å²) in [6.07, 6.45) is -4.50. The van der Waals surface area contributed by atoms with Crippen molar-refractivity contribution in [3.8, 4) is 5.69 Å². The molecule has 3 rings (SSSR count). The van der Waals surface area contributed by atoms with Crippen molar-refractivity contribution in [3.05, 3.63) is 57.8 Å². The zero-order chi connectivity index (χ0) is 18.2. The summed E-state index contributed by atoms with van der Waals surface area (Å²) in [5, 5.41) is 6.59. The third-order valence-electron chi connectivity index (χ3n) is 3.44. The Morgan fingerprint density at radius 1 is 1.20 bits per heavy atom. The lowest BCUT2D eigenvalue weighted by atomic mass is 10.2. The van der Waals surface area contributed by atoms with Crippen molar-refractivity contribution in [2.45, 2.75) is 20.0 Å². The fourth-order valence-corrected chi connectivity index (χ4v) is 2.99. The van der Waals surface area contributed by atoms with Crippen LogP contribution in [-0.2, 0) is 6.18 Å². The molecule has 0 atom stereocenters. The van der Waals surface area contributed by atoms with E-state index in [-0.39, 0.29) is 17.3 Å². The number of benzene rings is 1. The number of aromatic nitrogens is 3. The van der Waals surface area contributed by atoms with Crippen LogP contribution in [0.15, 0.2) is 35.8 Å². The second-order valence-electron chi connectivity index (χ2n) is 5.35. The van der Waals surface area contributed by atoms with Crippen molar-refractivity contribution < 1.29 is 18.0 Å². The minimum Gasteiger partial charge on any atom is -0.321 e. The number of hydrogen-bond donors (Lipinski definition) is 1. The lowest BCUT2D eigenvalue weighted by Crippen LogP contribution is -2.14. The number of hydrogen-bond acceptors (Lipinski definition) is 4. The van der Waals surface area contributed by atoms with Crippen LogP contribution in [0.2, 0.25) is 0 Å². The van der Waals surface area contributed by atoms with E-state index in [1.54, 1.807) is 12.4 Å². The molecule has 5 nitrogen and oxygen atoms in total. The third kappa shape index (κ3) is 3.55. The maximum absolute atomic E-state index is 13.1. The molecule has 0 unspecified atom stereocenters. The smallest absolute Gasteiger partial charge is 0.321 e. The second kappa shape index (κ2) is 6.32. The number of anilines is 1. The minimum atomic E-state index is -4.50.